The fourth-order valence-electron chi connectivity index (χ4n) is 4.27. The predicted molar refractivity (Wildman–Crippen MR) is 109 cm³/mol. The summed E-state index contributed by atoms with van der Waals surface area (Å²) in [4.78, 5) is 28.0. The highest BCUT2D eigenvalue weighted by Gasteiger charge is 2.24. The molecule has 7 nitrogen and oxygen atoms in total. The largest absolute Gasteiger partial charge is 0.358 e. The van der Waals surface area contributed by atoms with Gasteiger partial charge in [0.05, 0.1) is 12.6 Å². The molecule has 3 N–H and O–H groups in total. The second-order valence-corrected chi connectivity index (χ2v) is 7.83. The van der Waals surface area contributed by atoms with Crippen molar-refractivity contribution in [3.8, 4) is 0 Å². The first-order valence-corrected chi connectivity index (χ1v) is 10.1. The molecule has 2 aromatic heterocycles. The Morgan fingerprint density at radius 2 is 2.10 bits per heavy atom. The second kappa shape index (κ2) is 8.51. The molecule has 1 saturated carbocycles. The van der Waals surface area contributed by atoms with Crippen LogP contribution in [0.5, 0.6) is 0 Å². The van der Waals surface area contributed by atoms with Crippen molar-refractivity contribution in [2.45, 2.75) is 45.1 Å². The zero-order valence-corrected chi connectivity index (χ0v) is 16.5. The van der Waals surface area contributed by atoms with Gasteiger partial charge in [-0.1, -0.05) is 29.8 Å². The van der Waals surface area contributed by atoms with E-state index in [0.717, 1.165) is 47.8 Å². The van der Waals surface area contributed by atoms with Crippen molar-refractivity contribution >= 4 is 22.7 Å². The summed E-state index contributed by atoms with van der Waals surface area (Å²) in [5, 5.41) is 10.8. The van der Waals surface area contributed by atoms with E-state index in [0.29, 0.717) is 18.9 Å². The fraction of sp³-hybridized carbons (Fsp3) is 0.409. The summed E-state index contributed by atoms with van der Waals surface area (Å²) < 4.78 is 4.88. The highest BCUT2D eigenvalue weighted by molar-refractivity contribution is 5.91. The number of nitrogens with one attached hydrogen (secondary N) is 3. The lowest BCUT2D eigenvalue weighted by atomic mass is 9.85. The zero-order chi connectivity index (χ0) is 20.2. The van der Waals surface area contributed by atoms with Gasteiger partial charge in [-0.15, -0.1) is 0 Å². The van der Waals surface area contributed by atoms with Crippen LogP contribution in [0, 0.1) is 12.8 Å². The van der Waals surface area contributed by atoms with Crippen LogP contribution >= 0.6 is 0 Å². The van der Waals surface area contributed by atoms with Gasteiger partial charge in [0, 0.05) is 35.2 Å². The molecule has 1 fully saturated rings. The van der Waals surface area contributed by atoms with Crippen LogP contribution in [0.4, 0.5) is 0 Å². The van der Waals surface area contributed by atoms with Crippen LogP contribution in [0.2, 0.25) is 0 Å². The van der Waals surface area contributed by atoms with Gasteiger partial charge in [-0.05, 0) is 43.7 Å². The van der Waals surface area contributed by atoms with Gasteiger partial charge in [-0.25, -0.2) is 0 Å². The summed E-state index contributed by atoms with van der Waals surface area (Å²) in [6.45, 7) is 2.59. The maximum Gasteiger partial charge on any atom is 0.289 e. The Bertz CT molecular complexity index is 993. The van der Waals surface area contributed by atoms with Gasteiger partial charge < -0.3 is 20.1 Å². The summed E-state index contributed by atoms with van der Waals surface area (Å²) in [6, 6.07) is 9.76. The molecule has 2 amide bonds. The first-order chi connectivity index (χ1) is 14.1. The molecule has 0 aliphatic heterocycles. The van der Waals surface area contributed by atoms with E-state index in [1.807, 2.05) is 25.1 Å². The minimum absolute atomic E-state index is 0.0502. The van der Waals surface area contributed by atoms with Crippen LogP contribution in [-0.4, -0.2) is 34.5 Å². The molecule has 2 heterocycles. The molecule has 2 atom stereocenters. The number of amides is 2. The third kappa shape index (κ3) is 4.50. The van der Waals surface area contributed by atoms with E-state index in [4.69, 9.17) is 4.52 Å². The average Bonchev–Trinajstić information content (AvgIpc) is 3.35. The van der Waals surface area contributed by atoms with Gasteiger partial charge in [0.25, 0.3) is 5.91 Å². The molecule has 1 aliphatic carbocycles. The van der Waals surface area contributed by atoms with E-state index in [1.54, 1.807) is 6.07 Å². The van der Waals surface area contributed by atoms with Gasteiger partial charge in [0.2, 0.25) is 11.7 Å². The number of H-pyrrole nitrogens is 1. The third-order valence-corrected chi connectivity index (χ3v) is 5.73. The van der Waals surface area contributed by atoms with Gasteiger partial charge in [-0.2, -0.15) is 0 Å². The van der Waals surface area contributed by atoms with E-state index in [9.17, 15) is 9.59 Å². The van der Waals surface area contributed by atoms with E-state index in [2.05, 4.69) is 26.8 Å². The molecule has 0 unspecified atom stereocenters. The number of benzene rings is 1. The maximum atomic E-state index is 12.7. The first kappa shape index (κ1) is 19.2. The fourth-order valence-corrected chi connectivity index (χ4v) is 4.27. The summed E-state index contributed by atoms with van der Waals surface area (Å²) in [5.41, 5.74) is 3.16. The van der Waals surface area contributed by atoms with E-state index in [-0.39, 0.29) is 23.6 Å². The highest BCUT2D eigenvalue weighted by Crippen LogP contribution is 2.25. The van der Waals surface area contributed by atoms with Gasteiger partial charge in [-0.3, -0.25) is 9.59 Å². The quantitative estimate of drug-likeness (QED) is 0.598. The Morgan fingerprint density at radius 3 is 2.93 bits per heavy atom. The van der Waals surface area contributed by atoms with Crippen LogP contribution in [0.3, 0.4) is 0 Å². The number of carbonyl (C=O) groups excluding carboxylic acids is 2. The van der Waals surface area contributed by atoms with Crippen molar-refractivity contribution in [2.75, 3.05) is 6.54 Å². The summed E-state index contributed by atoms with van der Waals surface area (Å²) in [7, 11) is 0. The Labute approximate surface area is 169 Å². The molecular weight excluding hydrogens is 368 g/mol. The number of hydrogen-bond acceptors (Lipinski definition) is 4. The van der Waals surface area contributed by atoms with Crippen LogP contribution in [-0.2, 0) is 11.2 Å². The minimum atomic E-state index is -0.247. The maximum absolute atomic E-state index is 12.7. The van der Waals surface area contributed by atoms with E-state index >= 15 is 0 Å². The SMILES string of the molecule is Cc1[nH]c2ccccc2c1CC(=O)N[C@H]1CCC[C@@H](CNC(=O)c2ccno2)C1. The second-order valence-electron chi connectivity index (χ2n) is 7.83. The minimum Gasteiger partial charge on any atom is -0.358 e. The van der Waals surface area contributed by atoms with Crippen molar-refractivity contribution in [1.82, 2.24) is 20.8 Å². The topological polar surface area (TPSA) is 100 Å². The third-order valence-electron chi connectivity index (χ3n) is 5.73. The number of aromatic nitrogens is 2. The lowest BCUT2D eigenvalue weighted by Crippen LogP contribution is -2.41. The van der Waals surface area contributed by atoms with E-state index < -0.39 is 0 Å². The Balaban J connectivity index is 1.30. The molecule has 7 heteroatoms. The molecule has 1 aromatic carbocycles. The average molecular weight is 394 g/mol. The van der Waals surface area contributed by atoms with Crippen molar-refractivity contribution in [2.24, 2.45) is 5.92 Å². The summed E-state index contributed by atoms with van der Waals surface area (Å²) in [6.07, 6.45) is 5.76. The zero-order valence-electron chi connectivity index (χ0n) is 16.5. The first-order valence-electron chi connectivity index (χ1n) is 10.1. The molecule has 0 bridgehead atoms. The molecule has 0 spiro atoms. The van der Waals surface area contributed by atoms with E-state index in [1.165, 1.54) is 6.20 Å². The van der Waals surface area contributed by atoms with Gasteiger partial charge >= 0.3 is 0 Å². The van der Waals surface area contributed by atoms with Crippen LogP contribution in [0.25, 0.3) is 10.9 Å². The Hall–Kier alpha value is -3.09. The van der Waals surface area contributed by atoms with Crippen LogP contribution < -0.4 is 10.6 Å². The number of aryl methyl sites for hydroxylation is 1. The molecule has 29 heavy (non-hydrogen) atoms. The molecule has 0 saturated heterocycles. The predicted octanol–water partition coefficient (Wildman–Crippen LogP) is 3.11. The Kier molecular flexibility index (Phi) is 5.64. The van der Waals surface area contributed by atoms with Gasteiger partial charge in [0.1, 0.15) is 0 Å². The van der Waals surface area contributed by atoms with Gasteiger partial charge in [0.15, 0.2) is 0 Å². The number of hydrogen-bond donors (Lipinski definition) is 3. The number of nitrogens with zero attached hydrogens (tertiary/aromatic N) is 1. The van der Waals surface area contributed by atoms with Crippen LogP contribution in [0.1, 0.15) is 47.5 Å². The Morgan fingerprint density at radius 1 is 1.24 bits per heavy atom. The van der Waals surface area contributed by atoms with Crippen molar-refractivity contribution in [3.05, 3.63) is 53.5 Å². The highest BCUT2D eigenvalue weighted by atomic mass is 16.5. The monoisotopic (exact) mass is 394 g/mol. The number of carbonyl (C=O) groups is 2. The summed E-state index contributed by atoms with van der Waals surface area (Å²) >= 11 is 0. The number of fused-ring (bicyclic) bond motifs is 1. The molecule has 152 valence electrons. The normalized spacial score (nSPS) is 19.2. The number of aromatic amines is 1. The molecule has 1 aliphatic rings. The lowest BCUT2D eigenvalue weighted by Gasteiger charge is -2.29. The van der Waals surface area contributed by atoms with Crippen molar-refractivity contribution in [3.63, 3.8) is 0 Å². The smallest absolute Gasteiger partial charge is 0.289 e. The molecule has 0 radical (unpaired) electrons. The molecule has 4 rings (SSSR count). The lowest BCUT2D eigenvalue weighted by molar-refractivity contribution is -0.121. The number of rotatable bonds is 6. The van der Waals surface area contributed by atoms with Crippen LogP contribution in [0.15, 0.2) is 41.1 Å². The molecular formula is C22H26N4O3. The van der Waals surface area contributed by atoms with Crippen molar-refractivity contribution in [1.29, 1.82) is 0 Å². The standard InChI is InChI=1S/C22H26N4O3/c1-14-18(17-7-2-3-8-19(17)25-14)12-21(27)26-16-6-4-5-15(11-16)13-23-22(28)20-9-10-24-29-20/h2-3,7-10,15-16,25H,4-6,11-13H2,1H3,(H,23,28)(H,26,27)/t15-,16+/m1/s1. The number of para-hydroxylation sites is 1. The van der Waals surface area contributed by atoms with Crippen molar-refractivity contribution < 1.29 is 14.1 Å². The summed E-state index contributed by atoms with van der Waals surface area (Å²) in [5.74, 6) is 0.369. The molecule has 3 aromatic rings.